The highest BCUT2D eigenvalue weighted by Gasteiger charge is 2.52. The Morgan fingerprint density at radius 1 is 1.11 bits per heavy atom. The number of fused-ring (bicyclic) bond motifs is 1. The number of alkyl halides is 3. The van der Waals surface area contributed by atoms with Gasteiger partial charge >= 0.3 is 19.6 Å². The Labute approximate surface area is 159 Å². The number of amides is 1. The summed E-state index contributed by atoms with van der Waals surface area (Å²) in [6.45, 7) is 7.30. The van der Waals surface area contributed by atoms with E-state index < -0.39 is 36.5 Å². The van der Waals surface area contributed by atoms with E-state index in [4.69, 9.17) is 18.5 Å². The first kappa shape index (κ1) is 20.3. The molecule has 0 aliphatic carbocycles. The van der Waals surface area contributed by atoms with Gasteiger partial charge in [0.2, 0.25) is 0 Å². The first-order valence-corrected chi connectivity index (χ1v) is 8.40. The van der Waals surface area contributed by atoms with Gasteiger partial charge in [0, 0.05) is 18.5 Å². The van der Waals surface area contributed by atoms with Crippen LogP contribution < -0.4 is 20.3 Å². The minimum absolute atomic E-state index is 0.225. The number of ether oxygens (including phenoxy) is 2. The standard InChI is InChI=1S/C17H19BF3NO6/c1-15(2)16(3,4)28-18(27-15)10-6-9-7-12(25-14(23)22-5)24-13(9)11(8-10)26-17(19,20)21/h6-8H,1-5H3,(H,22,23). The van der Waals surface area contributed by atoms with Crippen LogP contribution in [0.15, 0.2) is 22.6 Å². The fraction of sp³-hybridized carbons (Fsp3) is 0.471. The van der Waals surface area contributed by atoms with Crippen LogP contribution in [-0.2, 0) is 9.31 Å². The van der Waals surface area contributed by atoms with Crippen molar-refractivity contribution in [3.05, 3.63) is 18.2 Å². The molecule has 1 aromatic heterocycles. The van der Waals surface area contributed by atoms with Gasteiger partial charge in [-0.2, -0.15) is 0 Å². The largest absolute Gasteiger partial charge is 0.573 e. The average Bonchev–Trinajstić information content (AvgIpc) is 3.03. The lowest BCUT2D eigenvalue weighted by Crippen LogP contribution is -2.41. The van der Waals surface area contributed by atoms with Crippen molar-refractivity contribution in [2.75, 3.05) is 7.05 Å². The quantitative estimate of drug-likeness (QED) is 0.795. The van der Waals surface area contributed by atoms with Gasteiger partial charge in [0.1, 0.15) is 0 Å². The van der Waals surface area contributed by atoms with Gasteiger partial charge in [-0.15, -0.1) is 13.2 Å². The van der Waals surface area contributed by atoms with Crippen molar-refractivity contribution in [3.63, 3.8) is 0 Å². The first-order chi connectivity index (χ1) is 12.8. The van der Waals surface area contributed by atoms with E-state index in [0.29, 0.717) is 5.46 Å². The molecular weight excluding hydrogens is 382 g/mol. The third kappa shape index (κ3) is 3.90. The van der Waals surface area contributed by atoms with Gasteiger partial charge in [0.05, 0.1) is 11.2 Å². The Balaban J connectivity index is 2.05. The van der Waals surface area contributed by atoms with Crippen molar-refractivity contribution in [1.29, 1.82) is 0 Å². The fourth-order valence-corrected chi connectivity index (χ4v) is 2.63. The predicted molar refractivity (Wildman–Crippen MR) is 93.7 cm³/mol. The highest BCUT2D eigenvalue weighted by molar-refractivity contribution is 6.62. The highest BCUT2D eigenvalue weighted by atomic mass is 19.4. The Morgan fingerprint density at radius 2 is 1.71 bits per heavy atom. The van der Waals surface area contributed by atoms with Crippen molar-refractivity contribution in [2.24, 2.45) is 0 Å². The fourth-order valence-electron chi connectivity index (χ4n) is 2.63. The molecule has 1 fully saturated rings. The van der Waals surface area contributed by atoms with Crippen LogP contribution in [0.2, 0.25) is 0 Å². The van der Waals surface area contributed by atoms with Crippen LogP contribution in [0.1, 0.15) is 27.7 Å². The van der Waals surface area contributed by atoms with Crippen molar-refractivity contribution >= 4 is 29.6 Å². The maximum absolute atomic E-state index is 12.9. The molecule has 1 aliphatic rings. The van der Waals surface area contributed by atoms with Crippen molar-refractivity contribution in [2.45, 2.75) is 45.3 Å². The number of benzene rings is 1. The Kier molecular flexibility index (Phi) is 4.79. The summed E-state index contributed by atoms with van der Waals surface area (Å²) >= 11 is 0. The Morgan fingerprint density at radius 3 is 2.25 bits per heavy atom. The zero-order chi connectivity index (χ0) is 20.9. The lowest BCUT2D eigenvalue weighted by molar-refractivity contribution is -0.274. The molecule has 1 aliphatic heterocycles. The van der Waals surface area contributed by atoms with E-state index in [1.54, 1.807) is 0 Å². The molecule has 11 heteroatoms. The van der Waals surface area contributed by atoms with Crippen molar-refractivity contribution in [1.82, 2.24) is 5.32 Å². The normalized spacial score (nSPS) is 18.4. The number of furan rings is 1. The zero-order valence-electron chi connectivity index (χ0n) is 15.9. The predicted octanol–water partition coefficient (Wildman–Crippen LogP) is 3.35. The van der Waals surface area contributed by atoms with E-state index in [1.165, 1.54) is 19.2 Å². The average molecular weight is 401 g/mol. The van der Waals surface area contributed by atoms with Crippen LogP contribution in [0.4, 0.5) is 18.0 Å². The lowest BCUT2D eigenvalue weighted by Gasteiger charge is -2.32. The molecule has 1 saturated heterocycles. The van der Waals surface area contributed by atoms with E-state index in [0.717, 1.165) is 6.07 Å². The molecule has 2 aromatic rings. The summed E-state index contributed by atoms with van der Waals surface area (Å²) in [5.41, 5.74) is -1.28. The van der Waals surface area contributed by atoms with E-state index >= 15 is 0 Å². The molecule has 0 radical (unpaired) electrons. The second-order valence-corrected chi connectivity index (χ2v) is 7.28. The molecule has 0 atom stereocenters. The van der Waals surface area contributed by atoms with Crippen LogP contribution in [0.3, 0.4) is 0 Å². The third-order valence-electron chi connectivity index (χ3n) is 4.73. The molecule has 7 nitrogen and oxygen atoms in total. The molecular formula is C17H19BF3NO6. The Hall–Kier alpha value is -2.40. The van der Waals surface area contributed by atoms with Crippen LogP contribution in [0.25, 0.3) is 11.0 Å². The molecule has 1 amide bonds. The number of halogens is 3. The molecule has 0 spiro atoms. The van der Waals surface area contributed by atoms with Gasteiger partial charge in [0.15, 0.2) is 11.3 Å². The number of nitrogens with one attached hydrogen (secondary N) is 1. The topological polar surface area (TPSA) is 79.2 Å². The maximum atomic E-state index is 12.9. The highest BCUT2D eigenvalue weighted by Crippen LogP contribution is 2.39. The third-order valence-corrected chi connectivity index (χ3v) is 4.73. The number of rotatable bonds is 3. The van der Waals surface area contributed by atoms with Crippen LogP contribution in [0.5, 0.6) is 11.7 Å². The van der Waals surface area contributed by atoms with Gasteiger partial charge in [-0.05, 0) is 39.2 Å². The molecule has 1 N–H and O–H groups in total. The second-order valence-electron chi connectivity index (χ2n) is 7.28. The summed E-state index contributed by atoms with van der Waals surface area (Å²) in [7, 11) is 0.419. The van der Waals surface area contributed by atoms with Crippen LogP contribution in [-0.4, -0.2) is 37.8 Å². The van der Waals surface area contributed by atoms with Gasteiger partial charge in [-0.25, -0.2) is 4.79 Å². The van der Waals surface area contributed by atoms with E-state index in [1.807, 2.05) is 27.7 Å². The molecule has 3 rings (SSSR count). The van der Waals surface area contributed by atoms with Gasteiger partial charge in [-0.1, -0.05) is 6.07 Å². The van der Waals surface area contributed by atoms with Gasteiger partial charge in [-0.3, -0.25) is 0 Å². The molecule has 152 valence electrons. The monoisotopic (exact) mass is 401 g/mol. The van der Waals surface area contributed by atoms with Crippen molar-refractivity contribution < 1.29 is 41.2 Å². The summed E-state index contributed by atoms with van der Waals surface area (Å²) < 4.78 is 64.6. The van der Waals surface area contributed by atoms with Gasteiger partial charge in [0.25, 0.3) is 5.95 Å². The molecule has 2 heterocycles. The number of carbonyl (C=O) groups excluding carboxylic acids is 1. The molecule has 0 unspecified atom stereocenters. The van der Waals surface area contributed by atoms with E-state index in [2.05, 4.69) is 10.1 Å². The zero-order valence-corrected chi connectivity index (χ0v) is 15.9. The summed E-state index contributed by atoms with van der Waals surface area (Å²) in [6.07, 6.45) is -5.78. The van der Waals surface area contributed by atoms with Crippen LogP contribution in [0, 0.1) is 0 Å². The second kappa shape index (κ2) is 6.59. The minimum atomic E-state index is -4.95. The van der Waals surface area contributed by atoms with Gasteiger partial charge < -0.3 is 28.5 Å². The number of hydrogen-bond acceptors (Lipinski definition) is 6. The summed E-state index contributed by atoms with van der Waals surface area (Å²) in [6, 6.07) is 3.94. The molecule has 1 aromatic carbocycles. The summed E-state index contributed by atoms with van der Waals surface area (Å²) in [5, 5.41) is 2.44. The minimum Gasteiger partial charge on any atom is -0.421 e. The molecule has 0 saturated carbocycles. The van der Waals surface area contributed by atoms with E-state index in [9.17, 15) is 18.0 Å². The number of hydrogen-bond donors (Lipinski definition) is 1. The summed E-state index contributed by atoms with van der Waals surface area (Å²) in [5.74, 6) is -0.881. The van der Waals surface area contributed by atoms with Crippen LogP contribution >= 0.6 is 0 Å². The Bertz CT molecular complexity index is 892. The number of carbonyl (C=O) groups is 1. The molecule has 0 bridgehead atoms. The first-order valence-electron chi connectivity index (χ1n) is 8.40. The van der Waals surface area contributed by atoms with E-state index in [-0.39, 0.29) is 16.9 Å². The maximum Gasteiger partial charge on any atom is 0.573 e. The lowest BCUT2D eigenvalue weighted by atomic mass is 9.78. The smallest absolute Gasteiger partial charge is 0.421 e. The molecule has 28 heavy (non-hydrogen) atoms. The van der Waals surface area contributed by atoms with Crippen molar-refractivity contribution in [3.8, 4) is 11.7 Å². The SMILES string of the molecule is CNC(=O)Oc1cc2cc(B3OC(C)(C)C(C)(C)O3)cc(OC(F)(F)F)c2o1. The summed E-state index contributed by atoms with van der Waals surface area (Å²) in [4.78, 5) is 11.3.